The molecular weight excluding hydrogens is 264 g/mol. The molecule has 0 radical (unpaired) electrons. The molecule has 92 valence electrons. The molecule has 18 heavy (non-hydrogen) atoms. The molecule has 0 saturated heterocycles. The number of aromatic amines is 1. The molecule has 0 fully saturated rings. The van der Waals surface area contributed by atoms with Crippen LogP contribution in [-0.2, 0) is 0 Å². The van der Waals surface area contributed by atoms with E-state index in [4.69, 9.17) is 0 Å². The lowest BCUT2D eigenvalue weighted by Gasteiger charge is -2.00. The molecule has 0 saturated carbocycles. The minimum Gasteiger partial charge on any atom is -1.00 e. The van der Waals surface area contributed by atoms with E-state index in [2.05, 4.69) is 47.2 Å². The van der Waals surface area contributed by atoms with Crippen LogP contribution in [0.5, 0.6) is 0 Å². The van der Waals surface area contributed by atoms with Gasteiger partial charge >= 0.3 is 0 Å². The van der Waals surface area contributed by atoms with Crippen LogP contribution < -0.4 is 22.7 Å². The highest BCUT2D eigenvalue weighted by Crippen LogP contribution is 2.26. The van der Waals surface area contributed by atoms with Gasteiger partial charge in [-0.05, 0) is 30.7 Å². The van der Waals surface area contributed by atoms with Gasteiger partial charge in [0.1, 0.15) is 4.88 Å². The third-order valence-corrected chi connectivity index (χ3v) is 3.97. The molecule has 1 N–H and O–H groups in total. The van der Waals surface area contributed by atoms with Gasteiger partial charge in [0.25, 0.3) is 0 Å². The first kappa shape index (κ1) is 13.0. The second kappa shape index (κ2) is 5.04. The van der Waals surface area contributed by atoms with Gasteiger partial charge in [-0.1, -0.05) is 6.07 Å². The van der Waals surface area contributed by atoms with Crippen molar-refractivity contribution in [2.45, 2.75) is 6.92 Å². The van der Waals surface area contributed by atoms with E-state index < -0.39 is 0 Å². The van der Waals surface area contributed by atoms with Gasteiger partial charge in [-0.3, -0.25) is 4.99 Å². The molecule has 1 aliphatic heterocycles. The lowest BCUT2D eigenvalue weighted by Crippen LogP contribution is -3.00. The summed E-state index contributed by atoms with van der Waals surface area (Å²) in [7, 11) is 1.82. The number of nitrogens with one attached hydrogen (secondary N) is 1. The van der Waals surface area contributed by atoms with E-state index in [0.717, 1.165) is 5.36 Å². The van der Waals surface area contributed by atoms with Crippen LogP contribution in [0, 0.1) is 6.92 Å². The Kier molecular flexibility index (Phi) is 3.64. The smallest absolute Gasteiger partial charge is 0.221 e. The highest BCUT2D eigenvalue weighted by atomic mass is 35.5. The predicted octanol–water partition coefficient (Wildman–Crippen LogP) is -0.337. The maximum absolute atomic E-state index is 4.21. The molecule has 1 aromatic carbocycles. The average Bonchev–Trinajstić information content (AvgIpc) is 2.35. The number of nitrogens with zero attached hydrogens (tertiary/aromatic N) is 1. The van der Waals surface area contributed by atoms with Crippen LogP contribution in [0.2, 0.25) is 0 Å². The Bertz CT molecular complexity index is 733. The second-order valence-corrected chi connectivity index (χ2v) is 5.21. The minimum absolute atomic E-state index is 0. The molecular formula is C14H13ClN2S. The van der Waals surface area contributed by atoms with Crippen LogP contribution in [-0.4, -0.2) is 7.05 Å². The van der Waals surface area contributed by atoms with Crippen LogP contribution in [0.3, 0.4) is 0 Å². The molecule has 2 aliphatic rings. The van der Waals surface area contributed by atoms with Gasteiger partial charge in [-0.25, -0.2) is 4.98 Å². The molecule has 3 rings (SSSR count). The maximum Gasteiger partial charge on any atom is 0.221 e. The summed E-state index contributed by atoms with van der Waals surface area (Å²) in [4.78, 5) is 8.91. The van der Waals surface area contributed by atoms with Crippen molar-refractivity contribution in [3.8, 4) is 10.6 Å². The Morgan fingerprint density at radius 2 is 1.94 bits per heavy atom. The summed E-state index contributed by atoms with van der Waals surface area (Å²) in [6.45, 7) is 2.12. The summed E-state index contributed by atoms with van der Waals surface area (Å²) in [5.74, 6) is 0. The van der Waals surface area contributed by atoms with Crippen molar-refractivity contribution in [3.05, 3.63) is 47.3 Å². The predicted molar refractivity (Wildman–Crippen MR) is 71.2 cm³/mol. The zero-order valence-corrected chi connectivity index (χ0v) is 11.8. The molecule has 0 amide bonds. The number of aryl methyl sites for hydroxylation is 1. The van der Waals surface area contributed by atoms with Crippen LogP contribution in [0.1, 0.15) is 5.56 Å². The first-order chi connectivity index (χ1) is 8.26. The highest BCUT2D eigenvalue weighted by Gasteiger charge is 2.12. The fourth-order valence-corrected chi connectivity index (χ4v) is 3.04. The van der Waals surface area contributed by atoms with Gasteiger partial charge in [0.2, 0.25) is 11.2 Å². The zero-order valence-electron chi connectivity index (χ0n) is 10.2. The number of rotatable bonds is 0. The van der Waals surface area contributed by atoms with Gasteiger partial charge < -0.3 is 12.4 Å². The topological polar surface area (TPSA) is 26.5 Å². The molecule has 1 heterocycles. The summed E-state index contributed by atoms with van der Waals surface area (Å²) in [5.41, 5.74) is 3.64. The first-order valence-electron chi connectivity index (χ1n) is 5.56. The largest absolute Gasteiger partial charge is 1.00 e. The molecule has 1 aliphatic carbocycles. The van der Waals surface area contributed by atoms with Crippen LogP contribution in [0.25, 0.3) is 20.8 Å². The second-order valence-electron chi connectivity index (χ2n) is 4.13. The van der Waals surface area contributed by atoms with Crippen molar-refractivity contribution in [3.63, 3.8) is 0 Å². The van der Waals surface area contributed by atoms with Crippen molar-refractivity contribution < 1.29 is 17.4 Å². The number of fused-ring (bicyclic) bond motifs is 2. The maximum atomic E-state index is 4.21. The van der Waals surface area contributed by atoms with Gasteiger partial charge in [0.15, 0.2) is 0 Å². The third-order valence-electron chi connectivity index (χ3n) is 2.85. The lowest BCUT2D eigenvalue weighted by molar-refractivity contribution is -0.330. The number of aromatic nitrogens is 1. The summed E-state index contributed by atoms with van der Waals surface area (Å²) in [6, 6.07) is 12.7. The van der Waals surface area contributed by atoms with E-state index in [9.17, 15) is 0 Å². The molecule has 1 aromatic rings. The molecule has 0 aromatic heterocycles. The normalized spacial score (nSPS) is 11.8. The number of hydrogen-bond donors (Lipinski definition) is 0. The van der Waals surface area contributed by atoms with Gasteiger partial charge in [-0.2, -0.15) is 0 Å². The Morgan fingerprint density at radius 3 is 2.72 bits per heavy atom. The van der Waals surface area contributed by atoms with Gasteiger partial charge in [0, 0.05) is 19.2 Å². The number of benzene rings is 2. The van der Waals surface area contributed by atoms with Crippen LogP contribution in [0.4, 0.5) is 0 Å². The average molecular weight is 277 g/mol. The van der Waals surface area contributed by atoms with Crippen LogP contribution >= 0.6 is 11.3 Å². The molecule has 4 heteroatoms. The van der Waals surface area contributed by atoms with E-state index in [0.29, 0.717) is 0 Å². The SMILES string of the molecule is CN=c1ccc2[nH+]c3ccc(C)cc3sc-2c1.[Cl-]. The summed E-state index contributed by atoms with van der Waals surface area (Å²) in [6.07, 6.45) is 0. The van der Waals surface area contributed by atoms with Crippen molar-refractivity contribution >= 4 is 21.6 Å². The minimum atomic E-state index is 0. The number of H-pyrrole nitrogens is 1. The molecule has 0 unspecified atom stereocenters. The van der Waals surface area contributed by atoms with Crippen molar-refractivity contribution in [1.29, 1.82) is 0 Å². The summed E-state index contributed by atoms with van der Waals surface area (Å²) < 4.78 is 1.28. The standard InChI is InChI=1S/C14H12N2S.ClH/c1-9-3-5-11-13(7-9)17-14-8-10(15-2)4-6-12(14)16-11;/h3-8H,1-2H3;1H. The van der Waals surface area contributed by atoms with Crippen LogP contribution in [0.15, 0.2) is 41.4 Å². The van der Waals surface area contributed by atoms with Gasteiger partial charge in [-0.15, -0.1) is 11.3 Å². The monoisotopic (exact) mass is 276 g/mol. The molecule has 2 nitrogen and oxygen atoms in total. The Labute approximate surface area is 116 Å². The molecule has 0 atom stereocenters. The quantitative estimate of drug-likeness (QED) is 0.503. The van der Waals surface area contributed by atoms with E-state index in [1.807, 2.05) is 13.1 Å². The van der Waals surface area contributed by atoms with Gasteiger partial charge in [0.05, 0.1) is 10.1 Å². The Balaban J connectivity index is 0.00000120. The van der Waals surface area contributed by atoms with E-state index in [1.54, 1.807) is 11.3 Å². The number of halogens is 1. The lowest BCUT2D eigenvalue weighted by atomic mass is 10.2. The third kappa shape index (κ3) is 2.24. The fourth-order valence-electron chi connectivity index (χ4n) is 1.92. The van der Waals surface area contributed by atoms with Crippen molar-refractivity contribution in [1.82, 2.24) is 0 Å². The van der Waals surface area contributed by atoms with E-state index in [1.165, 1.54) is 26.4 Å². The van der Waals surface area contributed by atoms with E-state index in [-0.39, 0.29) is 12.4 Å². The highest BCUT2D eigenvalue weighted by molar-refractivity contribution is 7.21. The fraction of sp³-hybridized carbons (Fsp3) is 0.143. The summed E-state index contributed by atoms with van der Waals surface area (Å²) >= 11 is 1.80. The van der Waals surface area contributed by atoms with Crippen molar-refractivity contribution in [2.75, 3.05) is 7.05 Å². The Hall–Kier alpha value is -1.45. The van der Waals surface area contributed by atoms with Crippen molar-refractivity contribution in [2.24, 2.45) is 4.99 Å². The number of hydrogen-bond acceptors (Lipinski definition) is 2. The first-order valence-corrected chi connectivity index (χ1v) is 6.37. The zero-order chi connectivity index (χ0) is 11.8. The Morgan fingerprint density at radius 1 is 1.11 bits per heavy atom. The molecule has 0 spiro atoms. The summed E-state index contributed by atoms with van der Waals surface area (Å²) in [5, 5.41) is 1.02. The van der Waals surface area contributed by atoms with E-state index >= 15 is 0 Å². The molecule has 0 bridgehead atoms.